The number of nitrogens with zero attached hydrogens (tertiary/aromatic N) is 1. The van der Waals surface area contributed by atoms with E-state index >= 15 is 0 Å². The van der Waals surface area contributed by atoms with E-state index in [-0.39, 0.29) is 10.6 Å². The molecule has 25 heavy (non-hydrogen) atoms. The Hall–Kier alpha value is -2.58. The Morgan fingerprint density at radius 1 is 1.28 bits per heavy atom. The van der Waals surface area contributed by atoms with Gasteiger partial charge in [-0.15, -0.1) is 11.8 Å². The Labute approximate surface area is 152 Å². The van der Waals surface area contributed by atoms with Crippen LogP contribution in [0.2, 0.25) is 5.02 Å². The quantitative estimate of drug-likeness (QED) is 0.354. The standard InChI is InChI=1S/C16H13ClN2O5S/c1-25-14-5-3-2-4-12(14)18-15(20)9-24-16(21)11-7-6-10(17)8-13(11)19(22)23/h2-8H,9H2,1H3,(H,18,20). The molecule has 0 aliphatic rings. The molecule has 7 nitrogen and oxygen atoms in total. The highest BCUT2D eigenvalue weighted by Gasteiger charge is 2.22. The fourth-order valence-corrected chi connectivity index (χ4v) is 2.69. The van der Waals surface area contributed by atoms with E-state index in [9.17, 15) is 19.7 Å². The SMILES string of the molecule is CSc1ccccc1NC(=O)COC(=O)c1ccc(Cl)cc1[N+](=O)[O-]. The molecule has 9 heteroatoms. The van der Waals surface area contributed by atoms with Gasteiger partial charge >= 0.3 is 5.97 Å². The van der Waals surface area contributed by atoms with Crippen LogP contribution in [0.15, 0.2) is 47.4 Å². The Bertz CT molecular complexity index is 828. The first kappa shape index (κ1) is 18.8. The van der Waals surface area contributed by atoms with Crippen molar-refractivity contribution < 1.29 is 19.2 Å². The van der Waals surface area contributed by atoms with Crippen molar-refractivity contribution >= 4 is 46.6 Å². The van der Waals surface area contributed by atoms with Crippen LogP contribution in [0.3, 0.4) is 0 Å². The largest absolute Gasteiger partial charge is 0.452 e. The molecule has 1 amide bonds. The zero-order valence-electron chi connectivity index (χ0n) is 13.0. The topological polar surface area (TPSA) is 98.5 Å². The second-order valence-electron chi connectivity index (χ2n) is 4.74. The van der Waals surface area contributed by atoms with E-state index in [1.165, 1.54) is 23.9 Å². The number of para-hydroxylation sites is 1. The van der Waals surface area contributed by atoms with Crippen LogP contribution < -0.4 is 5.32 Å². The maximum Gasteiger partial charge on any atom is 0.345 e. The van der Waals surface area contributed by atoms with Gasteiger partial charge in [-0.05, 0) is 30.5 Å². The van der Waals surface area contributed by atoms with Crippen LogP contribution >= 0.6 is 23.4 Å². The molecular weight excluding hydrogens is 368 g/mol. The number of amides is 1. The summed E-state index contributed by atoms with van der Waals surface area (Å²) in [6, 6.07) is 10.7. The molecule has 2 aromatic carbocycles. The lowest BCUT2D eigenvalue weighted by Crippen LogP contribution is -2.21. The number of esters is 1. The summed E-state index contributed by atoms with van der Waals surface area (Å²) in [5.74, 6) is -1.52. The number of nitro groups is 1. The van der Waals surface area contributed by atoms with Gasteiger partial charge in [-0.1, -0.05) is 23.7 Å². The highest BCUT2D eigenvalue weighted by atomic mass is 35.5. The van der Waals surface area contributed by atoms with Crippen LogP contribution in [0.25, 0.3) is 0 Å². The second kappa shape index (κ2) is 8.50. The third-order valence-electron chi connectivity index (χ3n) is 3.09. The minimum Gasteiger partial charge on any atom is -0.452 e. The summed E-state index contributed by atoms with van der Waals surface area (Å²) in [6.45, 7) is -0.568. The van der Waals surface area contributed by atoms with Crippen LogP contribution in [-0.2, 0) is 9.53 Å². The molecule has 0 bridgehead atoms. The average Bonchev–Trinajstić information content (AvgIpc) is 2.60. The highest BCUT2D eigenvalue weighted by molar-refractivity contribution is 7.98. The van der Waals surface area contributed by atoms with Gasteiger partial charge in [0.25, 0.3) is 11.6 Å². The van der Waals surface area contributed by atoms with Gasteiger partial charge in [0.05, 0.1) is 10.6 Å². The maximum absolute atomic E-state index is 12.0. The maximum atomic E-state index is 12.0. The summed E-state index contributed by atoms with van der Waals surface area (Å²) in [5, 5.41) is 13.7. The Morgan fingerprint density at radius 3 is 2.68 bits per heavy atom. The van der Waals surface area contributed by atoms with Crippen LogP contribution in [0, 0.1) is 10.1 Å². The molecular formula is C16H13ClN2O5S. The Kier molecular flexibility index (Phi) is 6.37. The summed E-state index contributed by atoms with van der Waals surface area (Å²) in [5.41, 5.74) is -0.161. The van der Waals surface area contributed by atoms with Crippen LogP contribution in [0.5, 0.6) is 0 Å². The molecule has 0 aliphatic heterocycles. The van der Waals surface area contributed by atoms with Crippen LogP contribution in [-0.4, -0.2) is 29.7 Å². The first-order chi connectivity index (χ1) is 11.9. The fourth-order valence-electron chi connectivity index (χ4n) is 1.97. The van der Waals surface area contributed by atoms with Crippen molar-refractivity contribution in [2.24, 2.45) is 0 Å². The van der Waals surface area contributed by atoms with Gasteiger partial charge in [-0.3, -0.25) is 14.9 Å². The first-order valence-electron chi connectivity index (χ1n) is 6.96. The van der Waals surface area contributed by atoms with Gasteiger partial charge < -0.3 is 10.1 Å². The molecule has 0 atom stereocenters. The van der Waals surface area contributed by atoms with E-state index in [4.69, 9.17) is 16.3 Å². The van der Waals surface area contributed by atoms with E-state index in [0.717, 1.165) is 11.0 Å². The lowest BCUT2D eigenvalue weighted by Gasteiger charge is -2.09. The number of nitro benzene ring substituents is 1. The van der Waals surface area contributed by atoms with Gasteiger partial charge in [0, 0.05) is 16.0 Å². The number of anilines is 1. The number of thioether (sulfide) groups is 1. The zero-order chi connectivity index (χ0) is 18.4. The molecule has 130 valence electrons. The van der Waals surface area contributed by atoms with Crippen LogP contribution in [0.1, 0.15) is 10.4 Å². The number of ether oxygens (including phenoxy) is 1. The van der Waals surface area contributed by atoms with E-state index < -0.39 is 29.1 Å². The number of carbonyl (C=O) groups excluding carboxylic acids is 2. The third kappa shape index (κ3) is 4.94. The smallest absolute Gasteiger partial charge is 0.345 e. The molecule has 0 unspecified atom stereocenters. The van der Waals surface area contributed by atoms with E-state index in [0.29, 0.717) is 5.69 Å². The summed E-state index contributed by atoms with van der Waals surface area (Å²) in [4.78, 5) is 35.0. The lowest BCUT2D eigenvalue weighted by molar-refractivity contribution is -0.385. The van der Waals surface area contributed by atoms with Gasteiger partial charge in [-0.25, -0.2) is 4.79 Å². The molecule has 0 heterocycles. The van der Waals surface area contributed by atoms with Gasteiger partial charge in [0.15, 0.2) is 6.61 Å². The molecule has 0 aliphatic carbocycles. The highest BCUT2D eigenvalue weighted by Crippen LogP contribution is 2.25. The van der Waals surface area contributed by atoms with Crippen molar-refractivity contribution in [1.82, 2.24) is 0 Å². The fraction of sp³-hybridized carbons (Fsp3) is 0.125. The summed E-state index contributed by atoms with van der Waals surface area (Å²) in [7, 11) is 0. The molecule has 0 spiro atoms. The predicted octanol–water partition coefficient (Wildman–Crippen LogP) is 3.77. The minimum absolute atomic E-state index is 0.120. The summed E-state index contributed by atoms with van der Waals surface area (Å²) < 4.78 is 4.86. The van der Waals surface area contributed by atoms with E-state index in [1.54, 1.807) is 12.1 Å². The van der Waals surface area contributed by atoms with Gasteiger partial charge in [0.2, 0.25) is 0 Å². The molecule has 1 N–H and O–H groups in total. The zero-order valence-corrected chi connectivity index (χ0v) is 14.6. The number of carbonyl (C=O) groups is 2. The summed E-state index contributed by atoms with van der Waals surface area (Å²) in [6.07, 6.45) is 1.87. The number of halogens is 1. The van der Waals surface area contributed by atoms with Crippen molar-refractivity contribution in [2.75, 3.05) is 18.2 Å². The van der Waals surface area contributed by atoms with Gasteiger partial charge in [-0.2, -0.15) is 0 Å². The number of hydrogen-bond donors (Lipinski definition) is 1. The van der Waals surface area contributed by atoms with Crippen molar-refractivity contribution in [1.29, 1.82) is 0 Å². The first-order valence-corrected chi connectivity index (χ1v) is 8.56. The normalized spacial score (nSPS) is 10.2. The molecule has 0 saturated carbocycles. The lowest BCUT2D eigenvalue weighted by atomic mass is 10.2. The van der Waals surface area contributed by atoms with Crippen molar-refractivity contribution in [3.63, 3.8) is 0 Å². The number of rotatable bonds is 6. The summed E-state index contributed by atoms with van der Waals surface area (Å²) >= 11 is 7.14. The van der Waals surface area contributed by atoms with Crippen molar-refractivity contribution in [3.05, 3.63) is 63.2 Å². The Morgan fingerprint density at radius 2 is 2.00 bits per heavy atom. The minimum atomic E-state index is -0.975. The number of nitrogens with one attached hydrogen (secondary N) is 1. The predicted molar refractivity (Wildman–Crippen MR) is 95.2 cm³/mol. The third-order valence-corrected chi connectivity index (χ3v) is 4.12. The van der Waals surface area contributed by atoms with Crippen molar-refractivity contribution in [3.8, 4) is 0 Å². The molecule has 2 aromatic rings. The molecule has 0 aromatic heterocycles. The van der Waals surface area contributed by atoms with Crippen molar-refractivity contribution in [2.45, 2.75) is 4.90 Å². The van der Waals surface area contributed by atoms with E-state index in [2.05, 4.69) is 5.32 Å². The molecule has 0 fully saturated rings. The molecule has 2 rings (SSSR count). The van der Waals surface area contributed by atoms with Gasteiger partial charge in [0.1, 0.15) is 5.56 Å². The van der Waals surface area contributed by atoms with E-state index in [1.807, 2.05) is 18.4 Å². The number of benzene rings is 2. The molecule has 0 radical (unpaired) electrons. The average molecular weight is 381 g/mol. The Balaban J connectivity index is 2.03. The molecule has 0 saturated heterocycles. The monoisotopic (exact) mass is 380 g/mol. The van der Waals surface area contributed by atoms with Crippen LogP contribution in [0.4, 0.5) is 11.4 Å². The second-order valence-corrected chi connectivity index (χ2v) is 6.03. The number of hydrogen-bond acceptors (Lipinski definition) is 6.